The third kappa shape index (κ3) is 3.32. The van der Waals surface area contributed by atoms with E-state index in [0.29, 0.717) is 12.1 Å². The number of pyridine rings is 1. The molecule has 0 aliphatic rings. The third-order valence-electron chi connectivity index (χ3n) is 2.98. The molecular weight excluding hydrogens is 254 g/mol. The Bertz CT molecular complexity index is 662. The first-order valence-electron chi connectivity index (χ1n) is 6.60. The summed E-state index contributed by atoms with van der Waals surface area (Å²) in [6.45, 7) is 3.30. The lowest BCUT2D eigenvalue weighted by Crippen LogP contribution is -2.19. The molecule has 0 amide bonds. The topological polar surface area (TPSA) is 60.4 Å². The second kappa shape index (κ2) is 6.65. The van der Waals surface area contributed by atoms with Crippen molar-refractivity contribution in [2.24, 2.45) is 4.99 Å². The highest BCUT2D eigenvalue weighted by Gasteiger charge is 2.10. The fourth-order valence-corrected chi connectivity index (χ4v) is 2.03. The summed E-state index contributed by atoms with van der Waals surface area (Å²) in [5.74, 6) is 0. The van der Waals surface area contributed by atoms with Crippen LogP contribution in [0, 0.1) is 10.1 Å². The van der Waals surface area contributed by atoms with E-state index < -0.39 is 0 Å². The number of nitro groups is 1. The lowest BCUT2D eigenvalue weighted by atomic mass is 10.2. The highest BCUT2D eigenvalue weighted by molar-refractivity contribution is 5.39. The first-order chi connectivity index (χ1) is 9.72. The van der Waals surface area contributed by atoms with Gasteiger partial charge in [0.15, 0.2) is 0 Å². The molecule has 2 aromatic rings. The van der Waals surface area contributed by atoms with Crippen LogP contribution >= 0.6 is 0 Å². The highest BCUT2D eigenvalue weighted by Crippen LogP contribution is 2.17. The molecule has 0 saturated heterocycles. The van der Waals surface area contributed by atoms with Crippen molar-refractivity contribution in [1.82, 2.24) is 4.57 Å². The molecule has 20 heavy (non-hydrogen) atoms. The Labute approximate surface area is 117 Å². The van der Waals surface area contributed by atoms with E-state index in [1.807, 2.05) is 24.4 Å². The number of hydrogen-bond donors (Lipinski definition) is 0. The van der Waals surface area contributed by atoms with Gasteiger partial charge in [-0.25, -0.2) is 0 Å². The number of hydrogen-bond acceptors (Lipinski definition) is 3. The SMILES string of the molecule is CCCn1ccccc1=NCc1ccccc1[N+](=O)[O-]. The quantitative estimate of drug-likeness (QED) is 0.620. The van der Waals surface area contributed by atoms with E-state index in [0.717, 1.165) is 18.5 Å². The zero-order valence-corrected chi connectivity index (χ0v) is 11.4. The summed E-state index contributed by atoms with van der Waals surface area (Å²) in [5.41, 5.74) is 1.59. The first-order valence-corrected chi connectivity index (χ1v) is 6.60. The van der Waals surface area contributed by atoms with Crippen LogP contribution in [0.2, 0.25) is 0 Å². The smallest absolute Gasteiger partial charge is 0.274 e. The largest absolute Gasteiger partial charge is 0.333 e. The summed E-state index contributed by atoms with van der Waals surface area (Å²) < 4.78 is 2.05. The summed E-state index contributed by atoms with van der Waals surface area (Å²) in [6, 6.07) is 12.5. The van der Waals surface area contributed by atoms with Gasteiger partial charge in [0, 0.05) is 18.8 Å². The van der Waals surface area contributed by atoms with E-state index in [1.54, 1.807) is 18.2 Å². The molecule has 0 radical (unpaired) electrons. The van der Waals surface area contributed by atoms with Gasteiger partial charge in [0.25, 0.3) is 5.69 Å². The van der Waals surface area contributed by atoms with Gasteiger partial charge in [-0.05, 0) is 18.6 Å². The van der Waals surface area contributed by atoms with E-state index in [2.05, 4.69) is 16.5 Å². The minimum atomic E-state index is -0.365. The van der Waals surface area contributed by atoms with Crippen molar-refractivity contribution in [3.63, 3.8) is 0 Å². The Morgan fingerprint density at radius 2 is 1.95 bits per heavy atom. The van der Waals surface area contributed by atoms with Gasteiger partial charge in [-0.1, -0.05) is 31.2 Å². The molecule has 1 aromatic carbocycles. The predicted octanol–water partition coefficient (Wildman–Crippen LogP) is 2.91. The third-order valence-corrected chi connectivity index (χ3v) is 2.98. The second-order valence-electron chi connectivity index (χ2n) is 4.45. The molecule has 5 heteroatoms. The number of para-hydroxylation sites is 1. The summed E-state index contributed by atoms with van der Waals surface area (Å²) in [4.78, 5) is 15.1. The molecule has 1 heterocycles. The minimum absolute atomic E-state index is 0.120. The molecule has 2 rings (SSSR count). The molecule has 0 spiro atoms. The number of rotatable bonds is 5. The van der Waals surface area contributed by atoms with Crippen LogP contribution < -0.4 is 5.49 Å². The Balaban J connectivity index is 2.32. The van der Waals surface area contributed by atoms with Crippen LogP contribution in [0.1, 0.15) is 18.9 Å². The van der Waals surface area contributed by atoms with Crippen molar-refractivity contribution in [3.05, 3.63) is 69.8 Å². The van der Waals surface area contributed by atoms with Crippen LogP contribution in [0.25, 0.3) is 0 Å². The minimum Gasteiger partial charge on any atom is -0.333 e. The van der Waals surface area contributed by atoms with Crippen LogP contribution in [0.4, 0.5) is 5.69 Å². The van der Waals surface area contributed by atoms with Gasteiger partial charge in [0.05, 0.1) is 17.0 Å². The molecule has 104 valence electrons. The van der Waals surface area contributed by atoms with Gasteiger partial charge in [0.2, 0.25) is 0 Å². The van der Waals surface area contributed by atoms with Crippen LogP contribution in [-0.4, -0.2) is 9.49 Å². The van der Waals surface area contributed by atoms with Crippen molar-refractivity contribution >= 4 is 5.69 Å². The van der Waals surface area contributed by atoms with Crippen LogP contribution in [0.3, 0.4) is 0 Å². The molecule has 0 unspecified atom stereocenters. The Morgan fingerprint density at radius 3 is 2.70 bits per heavy atom. The van der Waals surface area contributed by atoms with Crippen molar-refractivity contribution in [3.8, 4) is 0 Å². The average Bonchev–Trinajstić information content (AvgIpc) is 2.47. The summed E-state index contributed by atoms with van der Waals surface area (Å²) >= 11 is 0. The van der Waals surface area contributed by atoms with Gasteiger partial charge >= 0.3 is 0 Å². The fourth-order valence-electron chi connectivity index (χ4n) is 2.03. The van der Waals surface area contributed by atoms with Gasteiger partial charge in [-0.2, -0.15) is 0 Å². The van der Waals surface area contributed by atoms with Gasteiger partial charge in [-0.15, -0.1) is 0 Å². The maximum atomic E-state index is 11.0. The summed E-state index contributed by atoms with van der Waals surface area (Å²) in [6.07, 6.45) is 2.99. The molecule has 5 nitrogen and oxygen atoms in total. The molecule has 1 aromatic heterocycles. The zero-order valence-electron chi connectivity index (χ0n) is 11.4. The Kier molecular flexibility index (Phi) is 4.65. The Morgan fingerprint density at radius 1 is 1.20 bits per heavy atom. The molecule has 0 saturated carbocycles. The summed E-state index contributed by atoms with van der Waals surface area (Å²) in [7, 11) is 0. The van der Waals surface area contributed by atoms with Gasteiger partial charge in [0.1, 0.15) is 5.49 Å². The number of nitrogens with zero attached hydrogens (tertiary/aromatic N) is 3. The Hall–Kier alpha value is -2.43. The van der Waals surface area contributed by atoms with E-state index in [4.69, 9.17) is 0 Å². The molecule has 0 N–H and O–H groups in total. The number of aromatic nitrogens is 1. The van der Waals surface area contributed by atoms with E-state index >= 15 is 0 Å². The zero-order chi connectivity index (χ0) is 14.4. The normalized spacial score (nSPS) is 11.6. The number of benzene rings is 1. The number of aryl methyl sites for hydroxylation is 1. The highest BCUT2D eigenvalue weighted by atomic mass is 16.6. The van der Waals surface area contributed by atoms with Crippen molar-refractivity contribution in [2.75, 3.05) is 0 Å². The van der Waals surface area contributed by atoms with Gasteiger partial charge in [-0.3, -0.25) is 15.1 Å². The van der Waals surface area contributed by atoms with E-state index in [1.165, 1.54) is 6.07 Å². The average molecular weight is 271 g/mol. The van der Waals surface area contributed by atoms with Crippen molar-refractivity contribution in [2.45, 2.75) is 26.4 Å². The second-order valence-corrected chi connectivity index (χ2v) is 4.45. The van der Waals surface area contributed by atoms with Gasteiger partial charge < -0.3 is 4.57 Å². The molecule has 0 fully saturated rings. The monoisotopic (exact) mass is 271 g/mol. The lowest BCUT2D eigenvalue weighted by Gasteiger charge is -2.05. The van der Waals surface area contributed by atoms with E-state index in [-0.39, 0.29) is 10.6 Å². The molecular formula is C15H17N3O2. The summed E-state index contributed by atoms with van der Waals surface area (Å²) in [5, 5.41) is 11.0. The number of nitro benzene ring substituents is 1. The van der Waals surface area contributed by atoms with Crippen LogP contribution in [0.15, 0.2) is 53.7 Å². The maximum Gasteiger partial charge on any atom is 0.274 e. The lowest BCUT2D eigenvalue weighted by molar-refractivity contribution is -0.385. The van der Waals surface area contributed by atoms with E-state index in [9.17, 15) is 10.1 Å². The molecule has 0 aliphatic heterocycles. The van der Waals surface area contributed by atoms with Crippen LogP contribution in [-0.2, 0) is 13.1 Å². The molecule has 0 aliphatic carbocycles. The molecule has 0 atom stereocenters. The maximum absolute atomic E-state index is 11.0. The first kappa shape index (κ1) is 14.0. The standard InChI is InChI=1S/C15H17N3O2/c1-2-10-17-11-6-5-9-15(17)16-12-13-7-3-4-8-14(13)18(19)20/h3-9,11H,2,10,12H2,1H3. The predicted molar refractivity (Wildman–Crippen MR) is 77.1 cm³/mol. The van der Waals surface area contributed by atoms with Crippen molar-refractivity contribution in [1.29, 1.82) is 0 Å². The molecule has 0 bridgehead atoms. The van der Waals surface area contributed by atoms with Crippen molar-refractivity contribution < 1.29 is 4.92 Å². The van der Waals surface area contributed by atoms with Crippen LogP contribution in [0.5, 0.6) is 0 Å². The fraction of sp³-hybridized carbons (Fsp3) is 0.267.